The van der Waals surface area contributed by atoms with Gasteiger partial charge in [-0.25, -0.2) is 0 Å². The molecule has 0 radical (unpaired) electrons. The van der Waals surface area contributed by atoms with Gasteiger partial charge in [-0.3, -0.25) is 4.68 Å². The van der Waals surface area contributed by atoms with Gasteiger partial charge < -0.3 is 10.0 Å². The minimum atomic E-state index is -1.42. The molecule has 5 heteroatoms. The van der Waals surface area contributed by atoms with Gasteiger partial charge >= 0.3 is 7.12 Å². The summed E-state index contributed by atoms with van der Waals surface area (Å²) in [5.74, 6) is 0. The van der Waals surface area contributed by atoms with E-state index in [0.29, 0.717) is 12.0 Å². The number of benzene rings is 1. The predicted octanol–water partition coefficient (Wildman–Crippen LogP) is 0.736. The molecular formula is C14H19BN2O2. The van der Waals surface area contributed by atoms with E-state index in [2.05, 4.69) is 25.0 Å². The average Bonchev–Trinajstić information content (AvgIpc) is 2.81. The van der Waals surface area contributed by atoms with Gasteiger partial charge in [-0.05, 0) is 29.9 Å². The van der Waals surface area contributed by atoms with Crippen molar-refractivity contribution in [3.8, 4) is 0 Å². The molecule has 0 amide bonds. The average molecular weight is 258 g/mol. The first-order valence-corrected chi connectivity index (χ1v) is 6.64. The van der Waals surface area contributed by atoms with Crippen molar-refractivity contribution in [3.05, 3.63) is 47.3 Å². The monoisotopic (exact) mass is 258 g/mol. The second-order valence-corrected chi connectivity index (χ2v) is 4.61. The highest BCUT2D eigenvalue weighted by Crippen LogP contribution is 2.09. The second-order valence-electron chi connectivity index (χ2n) is 4.61. The van der Waals surface area contributed by atoms with Crippen molar-refractivity contribution in [2.75, 3.05) is 0 Å². The number of hydrogen-bond donors (Lipinski definition) is 2. The molecule has 19 heavy (non-hydrogen) atoms. The van der Waals surface area contributed by atoms with E-state index in [0.717, 1.165) is 24.1 Å². The number of aryl methyl sites for hydroxylation is 2. The molecule has 0 aliphatic rings. The molecule has 0 bridgehead atoms. The van der Waals surface area contributed by atoms with Gasteiger partial charge in [-0.15, -0.1) is 0 Å². The Bertz CT molecular complexity index is 552. The minimum Gasteiger partial charge on any atom is -0.423 e. The third kappa shape index (κ3) is 3.25. The minimum absolute atomic E-state index is 0.512. The summed E-state index contributed by atoms with van der Waals surface area (Å²) in [6, 6.07) is 9.44. The quantitative estimate of drug-likeness (QED) is 0.777. The standard InChI is InChI=1S/C14H19BN2O2/c1-3-13-9-14(4-2)17(16-13)10-11-6-5-7-12(8-11)15(18)19/h5-9,18-19H,3-4,10H2,1-2H3. The lowest BCUT2D eigenvalue weighted by atomic mass is 9.80. The molecule has 0 aliphatic carbocycles. The van der Waals surface area contributed by atoms with E-state index in [1.165, 1.54) is 5.69 Å². The van der Waals surface area contributed by atoms with Crippen LogP contribution in [0.4, 0.5) is 0 Å². The van der Waals surface area contributed by atoms with Crippen molar-refractivity contribution < 1.29 is 10.0 Å². The van der Waals surface area contributed by atoms with Gasteiger partial charge in [0.1, 0.15) is 0 Å². The van der Waals surface area contributed by atoms with E-state index in [-0.39, 0.29) is 0 Å². The Hall–Kier alpha value is -1.59. The Labute approximate surface area is 113 Å². The molecular weight excluding hydrogens is 239 g/mol. The van der Waals surface area contributed by atoms with E-state index in [9.17, 15) is 10.0 Å². The lowest BCUT2D eigenvalue weighted by Crippen LogP contribution is -2.30. The highest BCUT2D eigenvalue weighted by Gasteiger charge is 2.12. The second kappa shape index (κ2) is 6.04. The molecule has 0 atom stereocenters. The third-order valence-corrected chi connectivity index (χ3v) is 3.22. The number of rotatable bonds is 5. The lowest BCUT2D eigenvalue weighted by molar-refractivity contribution is 0.425. The first kappa shape index (κ1) is 13.8. The van der Waals surface area contributed by atoms with Gasteiger partial charge in [-0.2, -0.15) is 5.10 Å². The van der Waals surface area contributed by atoms with Crippen molar-refractivity contribution in [2.24, 2.45) is 0 Å². The maximum absolute atomic E-state index is 9.19. The SMILES string of the molecule is CCc1cc(CC)n(Cc2cccc(B(O)O)c2)n1. The van der Waals surface area contributed by atoms with Crippen LogP contribution in [0.2, 0.25) is 0 Å². The summed E-state index contributed by atoms with van der Waals surface area (Å²) in [4.78, 5) is 0. The molecule has 0 aliphatic heterocycles. The Balaban J connectivity index is 2.25. The van der Waals surface area contributed by atoms with Crippen molar-refractivity contribution in [1.29, 1.82) is 0 Å². The lowest BCUT2D eigenvalue weighted by Gasteiger charge is -2.08. The van der Waals surface area contributed by atoms with Gasteiger partial charge in [-0.1, -0.05) is 38.1 Å². The number of nitrogens with zero attached hydrogens (tertiary/aromatic N) is 2. The molecule has 1 aromatic heterocycles. The van der Waals surface area contributed by atoms with Crippen LogP contribution in [0.1, 0.15) is 30.8 Å². The third-order valence-electron chi connectivity index (χ3n) is 3.22. The van der Waals surface area contributed by atoms with Crippen LogP contribution < -0.4 is 5.46 Å². The van der Waals surface area contributed by atoms with Crippen LogP contribution in [0.3, 0.4) is 0 Å². The summed E-state index contributed by atoms with van der Waals surface area (Å²) in [6.45, 7) is 4.86. The van der Waals surface area contributed by atoms with E-state index in [4.69, 9.17) is 0 Å². The summed E-state index contributed by atoms with van der Waals surface area (Å²) in [7, 11) is -1.42. The van der Waals surface area contributed by atoms with Crippen LogP contribution >= 0.6 is 0 Å². The molecule has 1 aromatic carbocycles. The summed E-state index contributed by atoms with van der Waals surface area (Å²) < 4.78 is 1.99. The highest BCUT2D eigenvalue weighted by molar-refractivity contribution is 6.58. The molecule has 0 spiro atoms. The first-order valence-electron chi connectivity index (χ1n) is 6.64. The molecule has 0 saturated carbocycles. The van der Waals surface area contributed by atoms with Gasteiger partial charge in [0.25, 0.3) is 0 Å². The number of aromatic nitrogens is 2. The van der Waals surface area contributed by atoms with Crippen molar-refractivity contribution in [1.82, 2.24) is 9.78 Å². The molecule has 4 nitrogen and oxygen atoms in total. The Morgan fingerprint density at radius 3 is 2.58 bits per heavy atom. The summed E-state index contributed by atoms with van der Waals surface area (Å²) >= 11 is 0. The van der Waals surface area contributed by atoms with Crippen molar-refractivity contribution >= 4 is 12.6 Å². The van der Waals surface area contributed by atoms with Crippen LogP contribution in [0, 0.1) is 0 Å². The van der Waals surface area contributed by atoms with E-state index >= 15 is 0 Å². The van der Waals surface area contributed by atoms with E-state index in [1.54, 1.807) is 12.1 Å². The van der Waals surface area contributed by atoms with Crippen LogP contribution in [-0.4, -0.2) is 26.9 Å². The summed E-state index contributed by atoms with van der Waals surface area (Å²) in [6.07, 6.45) is 1.87. The van der Waals surface area contributed by atoms with Gasteiger partial charge in [0.15, 0.2) is 0 Å². The Morgan fingerprint density at radius 2 is 1.95 bits per heavy atom. The van der Waals surface area contributed by atoms with Crippen molar-refractivity contribution in [2.45, 2.75) is 33.2 Å². The largest absolute Gasteiger partial charge is 0.488 e. The van der Waals surface area contributed by atoms with Crippen LogP contribution in [0.25, 0.3) is 0 Å². The van der Waals surface area contributed by atoms with E-state index in [1.807, 2.05) is 16.8 Å². The summed E-state index contributed by atoms with van der Waals surface area (Å²) in [5.41, 5.74) is 3.83. The van der Waals surface area contributed by atoms with Gasteiger partial charge in [0.2, 0.25) is 0 Å². The highest BCUT2D eigenvalue weighted by atomic mass is 16.4. The molecule has 0 unspecified atom stereocenters. The van der Waals surface area contributed by atoms with Crippen LogP contribution in [-0.2, 0) is 19.4 Å². The van der Waals surface area contributed by atoms with Crippen LogP contribution in [0.15, 0.2) is 30.3 Å². The van der Waals surface area contributed by atoms with Gasteiger partial charge in [0, 0.05) is 5.69 Å². The molecule has 2 aromatic rings. The maximum atomic E-state index is 9.19. The number of hydrogen-bond acceptors (Lipinski definition) is 3. The molecule has 1 heterocycles. The molecule has 0 fully saturated rings. The zero-order valence-electron chi connectivity index (χ0n) is 11.4. The van der Waals surface area contributed by atoms with Crippen LogP contribution in [0.5, 0.6) is 0 Å². The normalized spacial score (nSPS) is 10.7. The first-order chi connectivity index (χ1) is 9.13. The topological polar surface area (TPSA) is 58.3 Å². The smallest absolute Gasteiger partial charge is 0.423 e. The zero-order valence-corrected chi connectivity index (χ0v) is 11.4. The molecule has 100 valence electrons. The molecule has 0 saturated heterocycles. The fourth-order valence-electron chi connectivity index (χ4n) is 2.13. The van der Waals surface area contributed by atoms with Gasteiger partial charge in [0.05, 0.1) is 12.2 Å². The fraction of sp³-hybridized carbons (Fsp3) is 0.357. The van der Waals surface area contributed by atoms with E-state index < -0.39 is 7.12 Å². The zero-order chi connectivity index (χ0) is 13.8. The fourth-order valence-corrected chi connectivity index (χ4v) is 2.13. The predicted molar refractivity (Wildman–Crippen MR) is 76.4 cm³/mol. The molecule has 2 N–H and O–H groups in total. The van der Waals surface area contributed by atoms with Crippen molar-refractivity contribution in [3.63, 3.8) is 0 Å². The summed E-state index contributed by atoms with van der Waals surface area (Å²) in [5, 5.41) is 22.9. The Kier molecular flexibility index (Phi) is 4.40. The molecule has 2 rings (SSSR count). The maximum Gasteiger partial charge on any atom is 0.488 e. The Morgan fingerprint density at radius 1 is 1.16 bits per heavy atom.